The van der Waals surface area contributed by atoms with E-state index in [1.807, 2.05) is 20.8 Å². The molecule has 4 rings (SSSR count). The van der Waals surface area contributed by atoms with Crippen LogP contribution in [0, 0.1) is 0 Å². The molecule has 0 saturated carbocycles. The molecule has 39 heavy (non-hydrogen) atoms. The molecule has 0 bridgehead atoms. The van der Waals surface area contributed by atoms with Gasteiger partial charge in [-0.15, -0.1) is 0 Å². The molecule has 8 nitrogen and oxygen atoms in total. The number of Topliss-reactive ketones (excluding diaryl/α,β-unsaturated/α-hetero) is 1. The van der Waals surface area contributed by atoms with E-state index in [9.17, 15) is 19.5 Å². The van der Waals surface area contributed by atoms with Crippen LogP contribution in [0.4, 0.5) is 5.69 Å². The van der Waals surface area contributed by atoms with Crippen LogP contribution in [0.2, 0.25) is 0 Å². The van der Waals surface area contributed by atoms with Gasteiger partial charge in [0, 0.05) is 17.4 Å². The predicted molar refractivity (Wildman–Crippen MR) is 147 cm³/mol. The third kappa shape index (κ3) is 5.70. The Labute approximate surface area is 227 Å². The van der Waals surface area contributed by atoms with E-state index in [-0.39, 0.29) is 29.6 Å². The molecule has 1 fully saturated rings. The van der Waals surface area contributed by atoms with Gasteiger partial charge in [0.2, 0.25) is 0 Å². The van der Waals surface area contributed by atoms with Crippen LogP contribution in [0.1, 0.15) is 62.0 Å². The minimum atomic E-state index is -0.948. The summed E-state index contributed by atoms with van der Waals surface area (Å²) in [7, 11) is 0. The molecule has 1 unspecified atom stereocenters. The lowest BCUT2D eigenvalue weighted by molar-refractivity contribution is -0.142. The highest BCUT2D eigenvalue weighted by atomic mass is 16.5. The van der Waals surface area contributed by atoms with E-state index in [1.165, 1.54) is 4.90 Å². The fourth-order valence-electron chi connectivity index (χ4n) is 4.66. The van der Waals surface area contributed by atoms with Gasteiger partial charge in [0.05, 0.1) is 30.9 Å². The second kappa shape index (κ2) is 11.9. The van der Waals surface area contributed by atoms with Crippen molar-refractivity contribution in [3.8, 4) is 5.75 Å². The molecule has 1 atom stereocenters. The van der Waals surface area contributed by atoms with Crippen LogP contribution in [0.15, 0.2) is 72.4 Å². The summed E-state index contributed by atoms with van der Waals surface area (Å²) in [5, 5.41) is 11.5. The SMILES string of the molecule is CCOC(=O)Cc1ccc(N2C(=O)C(=O)/C(=C(\O)c3ccc(OCC)c(C(C)C)c3)C2c2ccccn2)cc1. The predicted octanol–water partition coefficient (Wildman–Crippen LogP) is 5.34. The lowest BCUT2D eigenvalue weighted by Crippen LogP contribution is -2.29. The van der Waals surface area contributed by atoms with Crippen LogP contribution >= 0.6 is 0 Å². The topological polar surface area (TPSA) is 106 Å². The van der Waals surface area contributed by atoms with Gasteiger partial charge in [0.25, 0.3) is 11.7 Å². The number of hydrogen-bond acceptors (Lipinski definition) is 7. The number of rotatable bonds is 9. The van der Waals surface area contributed by atoms with Gasteiger partial charge in [0.1, 0.15) is 17.6 Å². The summed E-state index contributed by atoms with van der Waals surface area (Å²) < 4.78 is 10.8. The quantitative estimate of drug-likeness (QED) is 0.173. The summed E-state index contributed by atoms with van der Waals surface area (Å²) in [6.45, 7) is 8.45. The smallest absolute Gasteiger partial charge is 0.310 e. The first-order valence-corrected chi connectivity index (χ1v) is 13.0. The van der Waals surface area contributed by atoms with Crippen molar-refractivity contribution in [3.05, 3.63) is 94.8 Å². The van der Waals surface area contributed by atoms with Crippen LogP contribution in [0.25, 0.3) is 5.76 Å². The Morgan fingerprint density at radius 2 is 1.77 bits per heavy atom. The minimum Gasteiger partial charge on any atom is -0.507 e. The summed E-state index contributed by atoms with van der Waals surface area (Å²) in [4.78, 5) is 44.5. The molecule has 1 aliphatic heterocycles. The van der Waals surface area contributed by atoms with Crippen LogP contribution in [-0.2, 0) is 25.5 Å². The maximum atomic E-state index is 13.4. The molecule has 0 radical (unpaired) electrons. The Balaban J connectivity index is 1.81. The number of ether oxygens (including phenoxy) is 2. The average Bonchev–Trinajstić information content (AvgIpc) is 3.19. The molecule has 2 aromatic carbocycles. The maximum Gasteiger partial charge on any atom is 0.310 e. The number of hydrogen-bond donors (Lipinski definition) is 1. The molecule has 202 valence electrons. The van der Waals surface area contributed by atoms with Crippen LogP contribution in [-0.4, -0.2) is 41.0 Å². The van der Waals surface area contributed by atoms with E-state index in [1.54, 1.807) is 73.8 Å². The average molecular weight is 529 g/mol. The summed E-state index contributed by atoms with van der Waals surface area (Å²) in [5.41, 5.74) is 2.82. The zero-order valence-corrected chi connectivity index (χ0v) is 22.5. The molecule has 0 spiro atoms. The Morgan fingerprint density at radius 3 is 2.38 bits per heavy atom. The monoisotopic (exact) mass is 528 g/mol. The van der Waals surface area contributed by atoms with Crippen molar-refractivity contribution in [3.63, 3.8) is 0 Å². The number of aliphatic hydroxyl groups is 1. The van der Waals surface area contributed by atoms with Crippen molar-refractivity contribution in [2.24, 2.45) is 0 Å². The van der Waals surface area contributed by atoms with Crippen molar-refractivity contribution in [1.82, 2.24) is 4.98 Å². The fourth-order valence-corrected chi connectivity index (χ4v) is 4.66. The number of nitrogens with zero attached hydrogens (tertiary/aromatic N) is 2. The maximum absolute atomic E-state index is 13.4. The molecular formula is C31H32N2O6. The van der Waals surface area contributed by atoms with Crippen LogP contribution < -0.4 is 9.64 Å². The van der Waals surface area contributed by atoms with E-state index in [0.717, 1.165) is 5.56 Å². The second-order valence-corrected chi connectivity index (χ2v) is 9.41. The van der Waals surface area contributed by atoms with Gasteiger partial charge in [-0.3, -0.25) is 24.3 Å². The number of carbonyl (C=O) groups is 3. The largest absolute Gasteiger partial charge is 0.507 e. The molecule has 0 aliphatic carbocycles. The van der Waals surface area contributed by atoms with Crippen molar-refractivity contribution < 1.29 is 29.0 Å². The Bertz CT molecular complexity index is 1400. The van der Waals surface area contributed by atoms with Crippen molar-refractivity contribution >= 4 is 29.1 Å². The summed E-state index contributed by atoms with van der Waals surface area (Å²) in [6, 6.07) is 16.3. The number of benzene rings is 2. The molecule has 1 saturated heterocycles. The number of pyridine rings is 1. The molecule has 1 amide bonds. The van der Waals surface area contributed by atoms with E-state index >= 15 is 0 Å². The van der Waals surface area contributed by atoms with Gasteiger partial charge >= 0.3 is 5.97 Å². The van der Waals surface area contributed by atoms with E-state index < -0.39 is 17.7 Å². The highest BCUT2D eigenvalue weighted by Gasteiger charge is 2.47. The lowest BCUT2D eigenvalue weighted by Gasteiger charge is -2.25. The molecule has 2 heterocycles. The molecule has 1 N–H and O–H groups in total. The van der Waals surface area contributed by atoms with Crippen LogP contribution in [0.3, 0.4) is 0 Å². The zero-order valence-electron chi connectivity index (χ0n) is 22.5. The zero-order chi connectivity index (χ0) is 28.1. The number of ketones is 1. The summed E-state index contributed by atoms with van der Waals surface area (Å²) >= 11 is 0. The van der Waals surface area contributed by atoms with Gasteiger partial charge in [-0.1, -0.05) is 32.0 Å². The van der Waals surface area contributed by atoms with E-state index in [2.05, 4.69) is 4.98 Å². The highest BCUT2D eigenvalue weighted by Crippen LogP contribution is 2.42. The Hall–Kier alpha value is -4.46. The van der Waals surface area contributed by atoms with Gasteiger partial charge < -0.3 is 14.6 Å². The number of carbonyl (C=O) groups excluding carboxylic acids is 3. The van der Waals surface area contributed by atoms with Crippen molar-refractivity contribution in [2.45, 2.75) is 46.1 Å². The molecule has 3 aromatic rings. The number of amides is 1. The third-order valence-corrected chi connectivity index (χ3v) is 6.49. The first-order valence-electron chi connectivity index (χ1n) is 13.0. The normalized spacial score (nSPS) is 16.5. The molecule has 1 aromatic heterocycles. The van der Waals surface area contributed by atoms with E-state index in [0.29, 0.717) is 41.5 Å². The Kier molecular flexibility index (Phi) is 8.44. The number of anilines is 1. The second-order valence-electron chi connectivity index (χ2n) is 9.41. The third-order valence-electron chi connectivity index (χ3n) is 6.49. The first kappa shape index (κ1) is 27.6. The summed E-state index contributed by atoms with van der Waals surface area (Å²) in [6.07, 6.45) is 1.66. The molecule has 8 heteroatoms. The first-order chi connectivity index (χ1) is 18.8. The van der Waals surface area contributed by atoms with Crippen molar-refractivity contribution in [2.75, 3.05) is 18.1 Å². The van der Waals surface area contributed by atoms with Crippen molar-refractivity contribution in [1.29, 1.82) is 0 Å². The molecular weight excluding hydrogens is 496 g/mol. The minimum absolute atomic E-state index is 0.0480. The fraction of sp³-hybridized carbons (Fsp3) is 0.290. The van der Waals surface area contributed by atoms with Crippen LogP contribution in [0.5, 0.6) is 5.75 Å². The number of aliphatic hydroxyl groups excluding tert-OH is 1. The Morgan fingerprint density at radius 1 is 1.03 bits per heavy atom. The standard InChI is InChI=1S/C31H32N2O6/c1-5-38-25-15-12-21(18-23(25)19(3)4)29(35)27-28(24-9-7-8-16-32-24)33(31(37)30(27)36)22-13-10-20(11-14-22)17-26(34)39-6-2/h7-16,18-19,28,35H,5-6,17H2,1-4H3/b29-27-. The van der Waals surface area contributed by atoms with Gasteiger partial charge in [-0.2, -0.15) is 0 Å². The van der Waals surface area contributed by atoms with Gasteiger partial charge in [0.15, 0.2) is 0 Å². The number of esters is 1. The van der Waals surface area contributed by atoms with Gasteiger partial charge in [-0.05, 0) is 73.4 Å². The number of aromatic nitrogens is 1. The lowest BCUT2D eigenvalue weighted by atomic mass is 9.94. The van der Waals surface area contributed by atoms with Gasteiger partial charge in [-0.25, -0.2) is 0 Å². The summed E-state index contributed by atoms with van der Waals surface area (Å²) in [5.74, 6) is -1.42. The highest BCUT2D eigenvalue weighted by molar-refractivity contribution is 6.51. The molecule has 1 aliphatic rings. The van der Waals surface area contributed by atoms with E-state index in [4.69, 9.17) is 9.47 Å².